The molecule has 1 amide bonds. The monoisotopic (exact) mass is 324 g/mol. The highest BCUT2D eigenvalue weighted by Crippen LogP contribution is 2.39. The Hall–Kier alpha value is -2.24. The Bertz CT molecular complexity index is 957. The fourth-order valence-corrected chi connectivity index (χ4v) is 4.82. The Kier molecular flexibility index (Phi) is 3.36. The number of pyridine rings is 1. The largest absolute Gasteiger partial charge is 0.347 e. The number of benzene rings is 1. The molecule has 0 aliphatic carbocycles. The van der Waals surface area contributed by atoms with E-state index in [0.717, 1.165) is 10.4 Å². The molecule has 4 rings (SSSR count). The molecule has 0 unspecified atom stereocenters. The molecule has 3 aromatic heterocycles. The zero-order valence-corrected chi connectivity index (χ0v) is 13.2. The molecular weight excluding hydrogens is 312 g/mol. The number of nitrogens with one attached hydrogen (secondary N) is 1. The number of hydrogen-bond acceptors (Lipinski definition) is 4. The van der Waals surface area contributed by atoms with E-state index in [0.29, 0.717) is 6.54 Å². The van der Waals surface area contributed by atoms with Gasteiger partial charge in [-0.25, -0.2) is 0 Å². The highest BCUT2D eigenvalue weighted by Gasteiger charge is 2.13. The van der Waals surface area contributed by atoms with Gasteiger partial charge in [0.15, 0.2) is 0 Å². The van der Waals surface area contributed by atoms with Gasteiger partial charge in [-0.1, -0.05) is 18.2 Å². The standard InChI is InChI=1S/C17H12N2OS2/c20-17(19-10-11-5-7-18-8-6-11)15-9-14-16(22-15)12-3-1-2-4-13(12)21-14/h1-9H,10H2,(H,19,20). The van der Waals surface area contributed by atoms with E-state index in [1.165, 1.54) is 19.5 Å². The van der Waals surface area contributed by atoms with E-state index in [1.54, 1.807) is 35.1 Å². The second-order valence-corrected chi connectivity index (χ2v) is 7.08. The Morgan fingerprint density at radius 3 is 2.73 bits per heavy atom. The Balaban J connectivity index is 1.59. The van der Waals surface area contributed by atoms with Gasteiger partial charge in [-0.15, -0.1) is 22.7 Å². The summed E-state index contributed by atoms with van der Waals surface area (Å²) in [6.45, 7) is 0.521. The third-order valence-corrected chi connectivity index (χ3v) is 5.89. The summed E-state index contributed by atoms with van der Waals surface area (Å²) in [5.74, 6) is -0.0192. The molecule has 1 aromatic carbocycles. The molecule has 4 aromatic rings. The van der Waals surface area contributed by atoms with Crippen LogP contribution in [0.3, 0.4) is 0 Å². The lowest BCUT2D eigenvalue weighted by Gasteiger charge is -2.02. The lowest BCUT2D eigenvalue weighted by molar-refractivity contribution is 0.0955. The average Bonchev–Trinajstić information content (AvgIpc) is 3.11. The smallest absolute Gasteiger partial charge is 0.261 e. The first kappa shape index (κ1) is 13.4. The maximum Gasteiger partial charge on any atom is 0.261 e. The predicted molar refractivity (Wildman–Crippen MR) is 92.6 cm³/mol. The molecule has 3 heterocycles. The van der Waals surface area contributed by atoms with Crippen LogP contribution in [-0.4, -0.2) is 10.9 Å². The Morgan fingerprint density at radius 1 is 1.05 bits per heavy atom. The van der Waals surface area contributed by atoms with Gasteiger partial charge in [0.25, 0.3) is 5.91 Å². The molecular formula is C17H12N2OS2. The maximum absolute atomic E-state index is 12.3. The molecule has 5 heteroatoms. The van der Waals surface area contributed by atoms with Gasteiger partial charge in [0.1, 0.15) is 0 Å². The fourth-order valence-electron chi connectivity index (χ4n) is 2.38. The quantitative estimate of drug-likeness (QED) is 0.605. The second-order valence-electron chi connectivity index (χ2n) is 4.94. The van der Waals surface area contributed by atoms with E-state index < -0.39 is 0 Å². The first-order valence-electron chi connectivity index (χ1n) is 6.89. The Labute approximate surface area is 135 Å². The molecule has 0 aliphatic heterocycles. The van der Waals surface area contributed by atoms with Crippen LogP contribution in [-0.2, 0) is 6.54 Å². The minimum absolute atomic E-state index is 0.0192. The minimum atomic E-state index is -0.0192. The molecule has 0 saturated heterocycles. The van der Waals surface area contributed by atoms with E-state index in [4.69, 9.17) is 0 Å². The summed E-state index contributed by atoms with van der Waals surface area (Å²) < 4.78 is 3.66. The first-order valence-corrected chi connectivity index (χ1v) is 8.53. The van der Waals surface area contributed by atoms with Crippen molar-refractivity contribution in [2.24, 2.45) is 0 Å². The molecule has 22 heavy (non-hydrogen) atoms. The first-order chi connectivity index (χ1) is 10.8. The van der Waals surface area contributed by atoms with E-state index >= 15 is 0 Å². The van der Waals surface area contributed by atoms with Crippen LogP contribution in [0.5, 0.6) is 0 Å². The molecule has 0 aliphatic rings. The maximum atomic E-state index is 12.3. The number of aromatic nitrogens is 1. The van der Waals surface area contributed by atoms with Gasteiger partial charge in [-0.3, -0.25) is 9.78 Å². The van der Waals surface area contributed by atoms with Gasteiger partial charge >= 0.3 is 0 Å². The number of carbonyl (C=O) groups is 1. The van der Waals surface area contributed by atoms with Gasteiger partial charge < -0.3 is 5.32 Å². The number of nitrogens with zero attached hydrogens (tertiary/aromatic N) is 1. The van der Waals surface area contributed by atoms with Crippen molar-refractivity contribution >= 4 is 48.1 Å². The van der Waals surface area contributed by atoms with Crippen LogP contribution in [0, 0.1) is 0 Å². The molecule has 0 saturated carbocycles. The highest BCUT2D eigenvalue weighted by atomic mass is 32.1. The van der Waals surface area contributed by atoms with E-state index in [9.17, 15) is 4.79 Å². The van der Waals surface area contributed by atoms with Crippen molar-refractivity contribution in [1.82, 2.24) is 10.3 Å². The second kappa shape index (κ2) is 5.51. The minimum Gasteiger partial charge on any atom is -0.347 e. The number of fused-ring (bicyclic) bond motifs is 3. The van der Waals surface area contributed by atoms with E-state index in [1.807, 2.05) is 30.3 Å². The lowest BCUT2D eigenvalue weighted by Crippen LogP contribution is -2.21. The van der Waals surface area contributed by atoms with Gasteiger partial charge in [-0.05, 0) is 29.8 Å². The van der Waals surface area contributed by atoms with Crippen LogP contribution in [0.4, 0.5) is 0 Å². The van der Waals surface area contributed by atoms with Crippen molar-refractivity contribution in [1.29, 1.82) is 0 Å². The SMILES string of the molecule is O=C(NCc1ccncc1)c1cc2sc3ccccc3c2s1. The number of thiophene rings is 2. The van der Waals surface area contributed by atoms with Gasteiger partial charge in [0, 0.05) is 33.7 Å². The van der Waals surface area contributed by atoms with E-state index in [2.05, 4.69) is 22.4 Å². The van der Waals surface area contributed by atoms with Crippen molar-refractivity contribution in [3.8, 4) is 0 Å². The summed E-state index contributed by atoms with van der Waals surface area (Å²) in [5, 5.41) is 4.20. The Morgan fingerprint density at radius 2 is 1.86 bits per heavy atom. The van der Waals surface area contributed by atoms with Crippen molar-refractivity contribution in [2.75, 3.05) is 0 Å². The molecule has 0 spiro atoms. The lowest BCUT2D eigenvalue weighted by atomic mass is 10.2. The number of hydrogen-bond donors (Lipinski definition) is 1. The third kappa shape index (κ3) is 2.38. The van der Waals surface area contributed by atoms with Gasteiger partial charge in [0.2, 0.25) is 0 Å². The van der Waals surface area contributed by atoms with Crippen LogP contribution < -0.4 is 5.32 Å². The summed E-state index contributed by atoms with van der Waals surface area (Å²) in [6.07, 6.45) is 3.46. The predicted octanol–water partition coefficient (Wildman–Crippen LogP) is 4.44. The fraction of sp³-hybridized carbons (Fsp3) is 0.0588. The zero-order chi connectivity index (χ0) is 14.9. The number of carbonyl (C=O) groups excluding carboxylic acids is 1. The molecule has 1 N–H and O–H groups in total. The summed E-state index contributed by atoms with van der Waals surface area (Å²) in [7, 11) is 0. The van der Waals surface area contributed by atoms with Crippen LogP contribution >= 0.6 is 22.7 Å². The number of rotatable bonds is 3. The summed E-state index contributed by atoms with van der Waals surface area (Å²) in [4.78, 5) is 17.0. The van der Waals surface area contributed by atoms with Crippen LogP contribution in [0.25, 0.3) is 19.5 Å². The molecule has 0 atom stereocenters. The molecule has 0 radical (unpaired) electrons. The van der Waals surface area contributed by atoms with Gasteiger partial charge in [-0.2, -0.15) is 0 Å². The van der Waals surface area contributed by atoms with Crippen molar-refractivity contribution in [3.05, 3.63) is 65.3 Å². The summed E-state index contributed by atoms with van der Waals surface area (Å²) in [6, 6.07) is 14.1. The molecule has 0 bridgehead atoms. The normalized spacial score (nSPS) is 11.1. The highest BCUT2D eigenvalue weighted by molar-refractivity contribution is 7.33. The van der Waals surface area contributed by atoms with Crippen molar-refractivity contribution in [3.63, 3.8) is 0 Å². The van der Waals surface area contributed by atoms with Gasteiger partial charge in [0.05, 0.1) is 9.58 Å². The summed E-state index contributed by atoms with van der Waals surface area (Å²) in [5.41, 5.74) is 1.05. The third-order valence-electron chi connectivity index (χ3n) is 3.48. The number of amides is 1. The zero-order valence-electron chi connectivity index (χ0n) is 11.6. The molecule has 108 valence electrons. The molecule has 3 nitrogen and oxygen atoms in total. The van der Waals surface area contributed by atoms with Crippen molar-refractivity contribution < 1.29 is 4.79 Å². The molecule has 0 fully saturated rings. The van der Waals surface area contributed by atoms with Crippen molar-refractivity contribution in [2.45, 2.75) is 6.54 Å². The summed E-state index contributed by atoms with van der Waals surface area (Å²) >= 11 is 3.30. The average molecular weight is 324 g/mol. The topological polar surface area (TPSA) is 42.0 Å². The van der Waals surface area contributed by atoms with E-state index in [-0.39, 0.29) is 5.91 Å². The van der Waals surface area contributed by atoms with Crippen LogP contribution in [0.2, 0.25) is 0 Å². The van der Waals surface area contributed by atoms with Crippen LogP contribution in [0.15, 0.2) is 54.9 Å². The van der Waals surface area contributed by atoms with Crippen LogP contribution in [0.1, 0.15) is 15.2 Å².